The van der Waals surface area contributed by atoms with E-state index >= 15 is 0 Å². The zero-order valence-electron chi connectivity index (χ0n) is 15.8. The Bertz CT molecular complexity index is 1140. The molecule has 0 amide bonds. The first kappa shape index (κ1) is 17.3. The molecule has 2 aromatic carbocycles. The van der Waals surface area contributed by atoms with Gasteiger partial charge in [0.1, 0.15) is 17.1 Å². The van der Waals surface area contributed by atoms with Crippen molar-refractivity contribution in [1.29, 1.82) is 0 Å². The van der Waals surface area contributed by atoms with Crippen LogP contribution < -0.4 is 4.74 Å². The van der Waals surface area contributed by atoms with Gasteiger partial charge in [-0.05, 0) is 30.5 Å². The average Bonchev–Trinajstić information content (AvgIpc) is 3.17. The van der Waals surface area contributed by atoms with Gasteiger partial charge in [0.15, 0.2) is 0 Å². The zero-order valence-corrected chi connectivity index (χ0v) is 15.8. The van der Waals surface area contributed by atoms with E-state index in [0.717, 1.165) is 40.7 Å². The molecule has 0 aliphatic heterocycles. The molecule has 136 valence electrons. The third-order valence-corrected chi connectivity index (χ3v) is 5.05. The van der Waals surface area contributed by atoms with Crippen molar-refractivity contribution in [1.82, 2.24) is 9.38 Å². The Balaban J connectivity index is 2.02. The normalized spacial score (nSPS) is 11.2. The summed E-state index contributed by atoms with van der Waals surface area (Å²) in [7, 11) is 1.70. The molecule has 2 heterocycles. The number of benzene rings is 2. The minimum Gasteiger partial charge on any atom is -0.496 e. The second-order valence-corrected chi connectivity index (χ2v) is 6.59. The first-order valence-corrected chi connectivity index (χ1v) is 9.28. The van der Waals surface area contributed by atoms with Crippen LogP contribution in [0.25, 0.3) is 16.6 Å². The van der Waals surface area contributed by atoms with Crippen LogP contribution in [0.15, 0.2) is 54.7 Å². The predicted molar refractivity (Wildman–Crippen MR) is 108 cm³/mol. The summed E-state index contributed by atoms with van der Waals surface area (Å²) in [5.41, 5.74) is 5.14. The van der Waals surface area contributed by atoms with Crippen molar-refractivity contribution in [2.75, 3.05) is 7.11 Å². The maximum absolute atomic E-state index is 12.9. The van der Waals surface area contributed by atoms with E-state index < -0.39 is 0 Å². The van der Waals surface area contributed by atoms with Gasteiger partial charge in [-0.1, -0.05) is 50.2 Å². The van der Waals surface area contributed by atoms with Gasteiger partial charge in [-0.15, -0.1) is 0 Å². The van der Waals surface area contributed by atoms with Crippen LogP contribution in [0.4, 0.5) is 0 Å². The molecule has 0 atom stereocenters. The van der Waals surface area contributed by atoms with Gasteiger partial charge in [-0.3, -0.25) is 9.20 Å². The lowest BCUT2D eigenvalue weighted by molar-refractivity contribution is 0.103. The van der Waals surface area contributed by atoms with E-state index in [4.69, 9.17) is 9.72 Å². The van der Waals surface area contributed by atoms with E-state index in [9.17, 15) is 4.79 Å². The summed E-state index contributed by atoms with van der Waals surface area (Å²) in [4.78, 5) is 17.6. The molecule has 0 bridgehead atoms. The largest absolute Gasteiger partial charge is 0.496 e. The molecule has 27 heavy (non-hydrogen) atoms. The van der Waals surface area contributed by atoms with E-state index in [1.54, 1.807) is 7.11 Å². The van der Waals surface area contributed by atoms with Crippen molar-refractivity contribution >= 4 is 22.3 Å². The molecule has 0 spiro atoms. The van der Waals surface area contributed by atoms with Crippen LogP contribution >= 0.6 is 0 Å². The Kier molecular flexibility index (Phi) is 4.40. The molecule has 4 aromatic rings. The topological polar surface area (TPSA) is 43.6 Å². The maximum Gasteiger partial charge on any atom is 0.212 e. The van der Waals surface area contributed by atoms with Gasteiger partial charge in [-0.2, -0.15) is 0 Å². The number of pyridine rings is 1. The third-order valence-electron chi connectivity index (χ3n) is 5.05. The lowest BCUT2D eigenvalue weighted by Crippen LogP contribution is -2.01. The van der Waals surface area contributed by atoms with E-state index in [0.29, 0.717) is 11.3 Å². The molecule has 0 unspecified atom stereocenters. The molecular weight excluding hydrogens is 336 g/mol. The first-order chi connectivity index (χ1) is 13.2. The molecule has 0 saturated carbocycles. The van der Waals surface area contributed by atoms with Gasteiger partial charge in [0.05, 0.1) is 12.6 Å². The Hall–Kier alpha value is -3.14. The molecule has 2 aromatic heterocycles. The summed E-state index contributed by atoms with van der Waals surface area (Å²) >= 11 is 0. The summed E-state index contributed by atoms with van der Waals surface area (Å²) in [5.74, 6) is 0.776. The van der Waals surface area contributed by atoms with Crippen molar-refractivity contribution in [3.63, 3.8) is 0 Å². The Labute approximate surface area is 158 Å². The number of fused-ring (bicyclic) bond motifs is 3. The number of aryl methyl sites for hydroxylation is 2. The SMILES string of the molecule is CCc1ccc2c(c1)c(OC)c(CC)c1nc(C(=O)c3ccccc3)cn12. The number of aromatic nitrogens is 2. The number of hydrogen-bond donors (Lipinski definition) is 0. The van der Waals surface area contributed by atoms with E-state index in [2.05, 4.69) is 32.0 Å². The summed E-state index contributed by atoms with van der Waals surface area (Å²) in [6, 6.07) is 15.6. The van der Waals surface area contributed by atoms with Crippen molar-refractivity contribution < 1.29 is 9.53 Å². The van der Waals surface area contributed by atoms with E-state index in [1.165, 1.54) is 5.56 Å². The third kappa shape index (κ3) is 2.78. The molecule has 0 saturated heterocycles. The highest BCUT2D eigenvalue weighted by Crippen LogP contribution is 2.34. The van der Waals surface area contributed by atoms with Crippen LogP contribution in [-0.2, 0) is 12.8 Å². The second-order valence-electron chi connectivity index (χ2n) is 6.59. The summed E-state index contributed by atoms with van der Waals surface area (Å²) in [6.45, 7) is 4.22. The molecule has 4 rings (SSSR count). The highest BCUT2D eigenvalue weighted by atomic mass is 16.5. The molecule has 0 aliphatic rings. The van der Waals surface area contributed by atoms with Crippen molar-refractivity contribution in [2.24, 2.45) is 0 Å². The number of carbonyl (C=O) groups excluding carboxylic acids is 1. The standard InChI is InChI=1S/C23H22N2O2/c1-4-15-11-12-20-18(13-15)22(27-3)17(5-2)23-24-19(14-25(20)23)21(26)16-9-7-6-8-10-16/h6-14H,4-5H2,1-3H3. The van der Waals surface area contributed by atoms with Crippen LogP contribution in [0.1, 0.15) is 41.0 Å². The number of methoxy groups -OCH3 is 1. The monoisotopic (exact) mass is 358 g/mol. The maximum atomic E-state index is 12.9. The fraction of sp³-hybridized carbons (Fsp3) is 0.217. The van der Waals surface area contributed by atoms with Gasteiger partial charge >= 0.3 is 0 Å². The average molecular weight is 358 g/mol. The molecule has 0 radical (unpaired) electrons. The fourth-order valence-electron chi connectivity index (χ4n) is 3.63. The van der Waals surface area contributed by atoms with Crippen LogP contribution in [0, 0.1) is 0 Å². The van der Waals surface area contributed by atoms with Crippen molar-refractivity contribution in [3.05, 3.63) is 77.1 Å². The number of rotatable bonds is 5. The van der Waals surface area contributed by atoms with E-state index in [-0.39, 0.29) is 5.78 Å². The lowest BCUT2D eigenvalue weighted by Gasteiger charge is -2.14. The lowest BCUT2D eigenvalue weighted by atomic mass is 10.0. The number of ketones is 1. The molecule has 0 N–H and O–H groups in total. The summed E-state index contributed by atoms with van der Waals surface area (Å²) in [5, 5.41) is 1.05. The smallest absolute Gasteiger partial charge is 0.212 e. The molecule has 0 fully saturated rings. The van der Waals surface area contributed by atoms with Gasteiger partial charge in [0.25, 0.3) is 0 Å². The predicted octanol–water partition coefficient (Wildman–Crippen LogP) is 4.85. The van der Waals surface area contributed by atoms with Gasteiger partial charge in [0, 0.05) is 22.7 Å². The van der Waals surface area contributed by atoms with Crippen LogP contribution in [-0.4, -0.2) is 22.3 Å². The number of hydrogen-bond acceptors (Lipinski definition) is 3. The Morgan fingerprint density at radius 3 is 2.52 bits per heavy atom. The van der Waals surface area contributed by atoms with Crippen molar-refractivity contribution in [2.45, 2.75) is 26.7 Å². The van der Waals surface area contributed by atoms with E-state index in [1.807, 2.05) is 40.9 Å². The summed E-state index contributed by atoms with van der Waals surface area (Å²) in [6.07, 6.45) is 3.58. The highest BCUT2D eigenvalue weighted by Gasteiger charge is 2.20. The molecular formula is C23H22N2O2. The first-order valence-electron chi connectivity index (χ1n) is 9.28. The molecule has 4 nitrogen and oxygen atoms in total. The van der Waals surface area contributed by atoms with Gasteiger partial charge in [-0.25, -0.2) is 4.98 Å². The molecule has 0 aliphatic carbocycles. The second kappa shape index (κ2) is 6.88. The highest BCUT2D eigenvalue weighted by molar-refractivity contribution is 6.08. The molecule has 4 heteroatoms. The van der Waals surface area contributed by atoms with Gasteiger partial charge < -0.3 is 4.74 Å². The number of nitrogens with zero attached hydrogens (tertiary/aromatic N) is 2. The van der Waals surface area contributed by atoms with Gasteiger partial charge in [0.2, 0.25) is 5.78 Å². The minimum absolute atomic E-state index is 0.0707. The van der Waals surface area contributed by atoms with Crippen LogP contribution in [0.2, 0.25) is 0 Å². The minimum atomic E-state index is -0.0707. The fourth-order valence-corrected chi connectivity index (χ4v) is 3.63. The Morgan fingerprint density at radius 2 is 1.85 bits per heavy atom. The zero-order chi connectivity index (χ0) is 19.0. The van der Waals surface area contributed by atoms with Crippen molar-refractivity contribution in [3.8, 4) is 5.75 Å². The quantitative estimate of drug-likeness (QED) is 0.479. The number of carbonyl (C=O) groups is 1. The summed E-state index contributed by atoms with van der Waals surface area (Å²) < 4.78 is 7.79. The number of ether oxygens (including phenoxy) is 1. The van der Waals surface area contributed by atoms with Crippen LogP contribution in [0.5, 0.6) is 5.75 Å². The Morgan fingerprint density at radius 1 is 1.07 bits per heavy atom. The van der Waals surface area contributed by atoms with Crippen LogP contribution in [0.3, 0.4) is 0 Å². The number of imidazole rings is 1.